The Kier molecular flexibility index (Phi) is 5.89. The first-order valence-electron chi connectivity index (χ1n) is 10.8. The van der Waals surface area contributed by atoms with Crippen molar-refractivity contribution in [2.75, 3.05) is 0 Å². The standard InChI is InChI=1S/C27H30O2/c1-3-23(4-2)29-24-14-10-20(11-15-24)27-25(19-8-6-5-7-9-19)16-12-21-18-22(28)13-17-26(21)27/h5-11,13-15,17-18,23,25,27-28H,3-4,12,16H2,1-2H3. The molecule has 1 aliphatic carbocycles. The Balaban J connectivity index is 1.71. The van der Waals surface area contributed by atoms with Gasteiger partial charge in [0.05, 0.1) is 6.10 Å². The monoisotopic (exact) mass is 386 g/mol. The molecule has 0 saturated heterocycles. The topological polar surface area (TPSA) is 29.5 Å². The Morgan fingerprint density at radius 1 is 0.897 bits per heavy atom. The number of phenolic OH excluding ortho intramolecular Hbond substituents is 1. The van der Waals surface area contributed by atoms with E-state index in [9.17, 15) is 5.11 Å². The quantitative estimate of drug-likeness (QED) is 0.503. The molecule has 0 bridgehead atoms. The molecule has 0 heterocycles. The number of hydrogen-bond acceptors (Lipinski definition) is 2. The van der Waals surface area contributed by atoms with E-state index < -0.39 is 0 Å². The third-order valence-electron chi connectivity index (χ3n) is 6.27. The van der Waals surface area contributed by atoms with Crippen LogP contribution in [0.4, 0.5) is 0 Å². The zero-order valence-corrected chi connectivity index (χ0v) is 17.3. The van der Waals surface area contributed by atoms with Crippen LogP contribution in [0.2, 0.25) is 0 Å². The van der Waals surface area contributed by atoms with Gasteiger partial charge in [0.15, 0.2) is 0 Å². The van der Waals surface area contributed by atoms with E-state index in [0.29, 0.717) is 11.7 Å². The molecular formula is C27H30O2. The molecule has 2 heteroatoms. The van der Waals surface area contributed by atoms with E-state index in [1.165, 1.54) is 22.3 Å². The smallest absolute Gasteiger partial charge is 0.119 e. The van der Waals surface area contributed by atoms with Crippen molar-refractivity contribution < 1.29 is 9.84 Å². The number of aromatic hydroxyl groups is 1. The molecule has 3 aromatic rings. The zero-order valence-electron chi connectivity index (χ0n) is 17.3. The van der Waals surface area contributed by atoms with Gasteiger partial charge in [0.25, 0.3) is 0 Å². The van der Waals surface area contributed by atoms with Crippen molar-refractivity contribution in [2.45, 2.75) is 57.5 Å². The van der Waals surface area contributed by atoms with Gasteiger partial charge in [-0.15, -0.1) is 0 Å². The van der Waals surface area contributed by atoms with Gasteiger partial charge in [-0.25, -0.2) is 0 Å². The summed E-state index contributed by atoms with van der Waals surface area (Å²) in [5.74, 6) is 2.01. The van der Waals surface area contributed by atoms with E-state index in [4.69, 9.17) is 4.74 Å². The predicted octanol–water partition coefficient (Wildman–Crippen LogP) is 6.82. The van der Waals surface area contributed by atoms with Crippen LogP contribution in [0.25, 0.3) is 0 Å². The van der Waals surface area contributed by atoms with Gasteiger partial charge in [0, 0.05) is 5.92 Å². The molecule has 2 nitrogen and oxygen atoms in total. The summed E-state index contributed by atoms with van der Waals surface area (Å²) in [6.45, 7) is 4.34. The van der Waals surface area contributed by atoms with Crippen LogP contribution in [0.15, 0.2) is 72.8 Å². The van der Waals surface area contributed by atoms with Gasteiger partial charge >= 0.3 is 0 Å². The number of phenols is 1. The highest BCUT2D eigenvalue weighted by Crippen LogP contribution is 2.47. The molecule has 1 N–H and O–H groups in total. The highest BCUT2D eigenvalue weighted by atomic mass is 16.5. The predicted molar refractivity (Wildman–Crippen MR) is 119 cm³/mol. The molecule has 2 atom stereocenters. The van der Waals surface area contributed by atoms with E-state index in [2.05, 4.69) is 74.5 Å². The first-order chi connectivity index (χ1) is 14.2. The lowest BCUT2D eigenvalue weighted by molar-refractivity contribution is 0.193. The Bertz CT molecular complexity index is 927. The highest BCUT2D eigenvalue weighted by molar-refractivity contribution is 5.48. The number of aryl methyl sites for hydroxylation is 1. The summed E-state index contributed by atoms with van der Waals surface area (Å²) in [4.78, 5) is 0. The van der Waals surface area contributed by atoms with Gasteiger partial charge in [-0.05, 0) is 78.1 Å². The number of rotatable bonds is 6. The summed E-state index contributed by atoms with van der Waals surface area (Å²) < 4.78 is 6.12. The average Bonchev–Trinajstić information content (AvgIpc) is 2.77. The minimum atomic E-state index is 0.274. The molecule has 0 saturated carbocycles. The lowest BCUT2D eigenvalue weighted by atomic mass is 9.69. The van der Waals surface area contributed by atoms with Crippen molar-refractivity contribution in [2.24, 2.45) is 0 Å². The largest absolute Gasteiger partial charge is 0.508 e. The molecule has 0 radical (unpaired) electrons. The van der Waals surface area contributed by atoms with E-state index in [1.807, 2.05) is 12.1 Å². The maximum Gasteiger partial charge on any atom is 0.119 e. The van der Waals surface area contributed by atoms with Crippen molar-refractivity contribution in [3.8, 4) is 11.5 Å². The normalized spacial score (nSPS) is 18.4. The van der Waals surface area contributed by atoms with Crippen molar-refractivity contribution in [1.82, 2.24) is 0 Å². The van der Waals surface area contributed by atoms with Gasteiger partial charge in [0.2, 0.25) is 0 Å². The molecule has 150 valence electrons. The van der Waals surface area contributed by atoms with E-state index in [-0.39, 0.29) is 12.0 Å². The van der Waals surface area contributed by atoms with Crippen LogP contribution >= 0.6 is 0 Å². The molecule has 0 spiro atoms. The zero-order chi connectivity index (χ0) is 20.2. The van der Waals surface area contributed by atoms with Gasteiger partial charge in [0.1, 0.15) is 11.5 Å². The van der Waals surface area contributed by atoms with Gasteiger partial charge in [-0.1, -0.05) is 62.4 Å². The molecule has 0 aromatic heterocycles. The number of fused-ring (bicyclic) bond motifs is 1. The van der Waals surface area contributed by atoms with Crippen LogP contribution in [-0.2, 0) is 6.42 Å². The summed E-state index contributed by atoms with van der Waals surface area (Å²) in [5, 5.41) is 9.98. The van der Waals surface area contributed by atoms with Crippen LogP contribution < -0.4 is 4.74 Å². The first kappa shape index (κ1) is 19.6. The second-order valence-electron chi connectivity index (χ2n) is 8.04. The number of ether oxygens (including phenoxy) is 1. The van der Waals surface area contributed by atoms with Crippen molar-refractivity contribution in [1.29, 1.82) is 0 Å². The van der Waals surface area contributed by atoms with Gasteiger partial charge < -0.3 is 9.84 Å². The summed E-state index contributed by atoms with van der Waals surface area (Å²) in [6, 6.07) is 25.4. The Labute approximate surface area is 174 Å². The van der Waals surface area contributed by atoms with Gasteiger partial charge in [-0.2, -0.15) is 0 Å². The minimum absolute atomic E-state index is 0.274. The average molecular weight is 387 g/mol. The third kappa shape index (κ3) is 4.17. The highest BCUT2D eigenvalue weighted by Gasteiger charge is 2.32. The van der Waals surface area contributed by atoms with Crippen LogP contribution in [0.3, 0.4) is 0 Å². The van der Waals surface area contributed by atoms with Crippen molar-refractivity contribution in [3.63, 3.8) is 0 Å². The minimum Gasteiger partial charge on any atom is -0.508 e. The van der Waals surface area contributed by atoms with Crippen molar-refractivity contribution in [3.05, 3.63) is 95.1 Å². The number of benzene rings is 3. The van der Waals surface area contributed by atoms with Crippen LogP contribution in [-0.4, -0.2) is 11.2 Å². The number of hydrogen-bond donors (Lipinski definition) is 1. The molecule has 0 aliphatic heterocycles. The van der Waals surface area contributed by atoms with Crippen LogP contribution in [0, 0.1) is 0 Å². The maximum atomic E-state index is 9.98. The second kappa shape index (κ2) is 8.73. The van der Waals surface area contributed by atoms with Crippen LogP contribution in [0.5, 0.6) is 11.5 Å². The Morgan fingerprint density at radius 3 is 2.31 bits per heavy atom. The molecule has 0 fully saturated rings. The maximum absolute atomic E-state index is 9.98. The first-order valence-corrected chi connectivity index (χ1v) is 10.8. The fourth-order valence-corrected chi connectivity index (χ4v) is 4.68. The van der Waals surface area contributed by atoms with Crippen molar-refractivity contribution >= 4 is 0 Å². The molecule has 1 aliphatic rings. The fraction of sp³-hybridized carbons (Fsp3) is 0.333. The molecule has 3 aromatic carbocycles. The molecule has 29 heavy (non-hydrogen) atoms. The fourth-order valence-electron chi connectivity index (χ4n) is 4.68. The summed E-state index contributed by atoms with van der Waals surface area (Å²) in [7, 11) is 0. The Hall–Kier alpha value is -2.74. The van der Waals surface area contributed by atoms with Gasteiger partial charge in [-0.3, -0.25) is 0 Å². The molecule has 2 unspecified atom stereocenters. The Morgan fingerprint density at radius 2 is 1.62 bits per heavy atom. The summed E-state index contributed by atoms with van der Waals surface area (Å²) in [6.07, 6.45) is 4.39. The lowest BCUT2D eigenvalue weighted by Crippen LogP contribution is -2.20. The van der Waals surface area contributed by atoms with Crippen LogP contribution in [0.1, 0.15) is 67.2 Å². The van der Waals surface area contributed by atoms with E-state index >= 15 is 0 Å². The van der Waals surface area contributed by atoms with E-state index in [0.717, 1.165) is 31.4 Å². The SMILES string of the molecule is CCC(CC)Oc1ccc(C2c3ccc(O)cc3CCC2c2ccccc2)cc1. The summed E-state index contributed by atoms with van der Waals surface area (Å²) >= 11 is 0. The lowest BCUT2D eigenvalue weighted by Gasteiger charge is -2.35. The molecule has 4 rings (SSSR count). The molecular weight excluding hydrogens is 356 g/mol. The van der Waals surface area contributed by atoms with E-state index in [1.54, 1.807) is 0 Å². The third-order valence-corrected chi connectivity index (χ3v) is 6.27. The second-order valence-corrected chi connectivity index (χ2v) is 8.04. The summed E-state index contributed by atoms with van der Waals surface area (Å²) in [5.41, 5.74) is 5.28. The molecule has 0 amide bonds.